The lowest BCUT2D eigenvalue weighted by Crippen LogP contribution is -2.48. The minimum absolute atomic E-state index is 0.106. The molecule has 2 saturated heterocycles. The summed E-state index contributed by atoms with van der Waals surface area (Å²) < 4.78 is 0. The molecule has 0 bridgehead atoms. The Morgan fingerprint density at radius 2 is 1.66 bits per heavy atom. The second-order valence-corrected chi connectivity index (χ2v) is 10.0. The normalized spacial score (nSPS) is 18.4. The van der Waals surface area contributed by atoms with Crippen molar-refractivity contribution in [2.24, 2.45) is 0 Å². The second-order valence-electron chi connectivity index (χ2n) is 9.21. The van der Waals surface area contributed by atoms with Crippen LogP contribution in [0.1, 0.15) is 55.2 Å². The molecule has 2 aliphatic rings. The number of hydrogen-bond acceptors (Lipinski definition) is 5. The number of carbonyl (C=O) groups excluding carboxylic acids is 1. The van der Waals surface area contributed by atoms with Gasteiger partial charge < -0.3 is 9.80 Å². The molecule has 1 amide bonds. The van der Waals surface area contributed by atoms with E-state index in [1.54, 1.807) is 11.3 Å². The van der Waals surface area contributed by atoms with Gasteiger partial charge in [-0.2, -0.15) is 0 Å². The zero-order valence-electron chi connectivity index (χ0n) is 17.9. The van der Waals surface area contributed by atoms with E-state index in [1.165, 1.54) is 37.2 Å². The summed E-state index contributed by atoms with van der Waals surface area (Å²) >= 11 is 1.73. The van der Waals surface area contributed by atoms with Crippen LogP contribution in [0.25, 0.3) is 0 Å². The van der Waals surface area contributed by atoms with E-state index >= 15 is 0 Å². The van der Waals surface area contributed by atoms with Crippen molar-refractivity contribution in [3.8, 4) is 0 Å². The highest BCUT2D eigenvalue weighted by molar-refractivity contribution is 7.13. The molecule has 4 rings (SSSR count). The average molecular weight is 413 g/mol. The van der Waals surface area contributed by atoms with Crippen molar-refractivity contribution in [1.82, 2.24) is 14.8 Å². The highest BCUT2D eigenvalue weighted by Crippen LogP contribution is 2.25. The highest BCUT2D eigenvalue weighted by atomic mass is 32.1. The molecule has 3 heterocycles. The number of thiazole rings is 1. The van der Waals surface area contributed by atoms with Gasteiger partial charge in [0, 0.05) is 43.7 Å². The molecule has 2 aliphatic heterocycles. The molecule has 0 radical (unpaired) electrons. The molecule has 2 aromatic rings. The summed E-state index contributed by atoms with van der Waals surface area (Å²) in [6, 6.07) is 8.11. The Bertz CT molecular complexity index is 825. The summed E-state index contributed by atoms with van der Waals surface area (Å²) in [6.07, 6.45) is 2.62. The third-order valence-corrected chi connectivity index (χ3v) is 6.91. The van der Waals surface area contributed by atoms with Gasteiger partial charge in [0.15, 0.2) is 5.13 Å². The van der Waals surface area contributed by atoms with E-state index in [-0.39, 0.29) is 11.3 Å². The Morgan fingerprint density at radius 1 is 1.00 bits per heavy atom. The molecular formula is C23H32N4OS. The van der Waals surface area contributed by atoms with Crippen LogP contribution in [-0.2, 0) is 12.0 Å². The summed E-state index contributed by atoms with van der Waals surface area (Å²) in [5.41, 5.74) is 3.33. The van der Waals surface area contributed by atoms with Gasteiger partial charge in [-0.25, -0.2) is 4.98 Å². The van der Waals surface area contributed by atoms with Gasteiger partial charge in [-0.1, -0.05) is 32.9 Å². The molecule has 1 aromatic carbocycles. The maximum absolute atomic E-state index is 12.9. The van der Waals surface area contributed by atoms with Gasteiger partial charge >= 0.3 is 0 Å². The number of carbonyl (C=O) groups is 1. The van der Waals surface area contributed by atoms with Crippen LogP contribution < -0.4 is 4.90 Å². The van der Waals surface area contributed by atoms with Crippen LogP contribution in [0, 0.1) is 0 Å². The number of likely N-dealkylation sites (tertiary alicyclic amines) is 1. The molecule has 0 unspecified atom stereocenters. The molecule has 5 nitrogen and oxygen atoms in total. The Hall–Kier alpha value is -1.92. The molecule has 156 valence electrons. The van der Waals surface area contributed by atoms with Gasteiger partial charge in [-0.15, -0.1) is 11.3 Å². The summed E-state index contributed by atoms with van der Waals surface area (Å²) in [7, 11) is 0. The molecule has 1 aromatic heterocycles. The van der Waals surface area contributed by atoms with Crippen LogP contribution in [0.2, 0.25) is 0 Å². The maximum atomic E-state index is 12.9. The van der Waals surface area contributed by atoms with Crippen LogP contribution in [0.5, 0.6) is 0 Å². The number of anilines is 1. The molecule has 0 N–H and O–H groups in total. The van der Waals surface area contributed by atoms with E-state index in [1.807, 2.05) is 17.0 Å². The predicted octanol–water partition coefficient (Wildman–Crippen LogP) is 4.00. The van der Waals surface area contributed by atoms with E-state index in [9.17, 15) is 4.79 Å². The quantitative estimate of drug-likeness (QED) is 0.761. The van der Waals surface area contributed by atoms with E-state index in [4.69, 9.17) is 4.98 Å². The van der Waals surface area contributed by atoms with Gasteiger partial charge in [0.1, 0.15) is 0 Å². The summed E-state index contributed by atoms with van der Waals surface area (Å²) in [6.45, 7) is 13.1. The number of amides is 1. The van der Waals surface area contributed by atoms with Crippen LogP contribution in [-0.4, -0.2) is 60.0 Å². The first kappa shape index (κ1) is 20.4. The lowest BCUT2D eigenvalue weighted by molar-refractivity contribution is 0.0746. The van der Waals surface area contributed by atoms with Crippen molar-refractivity contribution in [1.29, 1.82) is 0 Å². The number of nitrogens with zero attached hydrogens (tertiary/aromatic N) is 4. The third kappa shape index (κ3) is 4.81. The Labute approximate surface area is 178 Å². The zero-order chi connectivity index (χ0) is 20.4. The first-order valence-electron chi connectivity index (χ1n) is 10.7. The van der Waals surface area contributed by atoms with Gasteiger partial charge in [-0.05, 0) is 49.0 Å². The number of benzene rings is 1. The van der Waals surface area contributed by atoms with Crippen molar-refractivity contribution in [2.75, 3.05) is 44.2 Å². The number of aromatic nitrogens is 1. The topological polar surface area (TPSA) is 39.7 Å². The molecule has 0 atom stereocenters. The zero-order valence-corrected chi connectivity index (χ0v) is 18.7. The smallest absolute Gasteiger partial charge is 0.253 e. The number of hydrogen-bond donors (Lipinski definition) is 0. The van der Waals surface area contributed by atoms with Gasteiger partial charge in [0.2, 0.25) is 0 Å². The first-order valence-corrected chi connectivity index (χ1v) is 11.6. The van der Waals surface area contributed by atoms with Crippen LogP contribution >= 0.6 is 11.3 Å². The van der Waals surface area contributed by atoms with Crippen molar-refractivity contribution < 1.29 is 4.79 Å². The minimum atomic E-state index is 0.106. The predicted molar refractivity (Wildman–Crippen MR) is 120 cm³/mol. The Balaban J connectivity index is 1.32. The lowest BCUT2D eigenvalue weighted by Gasteiger charge is -2.34. The fraction of sp³-hybridized carbons (Fsp3) is 0.565. The lowest BCUT2D eigenvalue weighted by atomic mass is 9.86. The second kappa shape index (κ2) is 8.44. The van der Waals surface area contributed by atoms with Gasteiger partial charge in [0.25, 0.3) is 5.91 Å². The Morgan fingerprint density at radius 3 is 2.28 bits per heavy atom. The third-order valence-electron chi connectivity index (χ3n) is 5.96. The molecule has 6 heteroatoms. The molecule has 0 saturated carbocycles. The van der Waals surface area contributed by atoms with Crippen molar-refractivity contribution in [3.05, 3.63) is 46.5 Å². The maximum Gasteiger partial charge on any atom is 0.253 e. The largest absolute Gasteiger partial charge is 0.345 e. The van der Waals surface area contributed by atoms with Crippen LogP contribution in [0.4, 0.5) is 5.13 Å². The summed E-state index contributed by atoms with van der Waals surface area (Å²) in [4.78, 5) is 24.5. The monoisotopic (exact) mass is 412 g/mol. The molecule has 0 spiro atoms. The van der Waals surface area contributed by atoms with E-state index in [2.05, 4.69) is 48.1 Å². The first-order chi connectivity index (χ1) is 13.9. The van der Waals surface area contributed by atoms with E-state index < -0.39 is 0 Å². The number of rotatable bonds is 4. The van der Waals surface area contributed by atoms with E-state index in [0.29, 0.717) is 0 Å². The molecule has 0 aliphatic carbocycles. The fourth-order valence-electron chi connectivity index (χ4n) is 4.08. The summed E-state index contributed by atoms with van der Waals surface area (Å²) in [5, 5.41) is 3.29. The van der Waals surface area contributed by atoms with Gasteiger partial charge in [0.05, 0.1) is 5.69 Å². The van der Waals surface area contributed by atoms with E-state index in [0.717, 1.165) is 43.4 Å². The average Bonchev–Trinajstić information content (AvgIpc) is 3.40. The fourth-order valence-corrected chi connectivity index (χ4v) is 4.95. The van der Waals surface area contributed by atoms with Crippen LogP contribution in [0.15, 0.2) is 29.6 Å². The molecular weight excluding hydrogens is 380 g/mol. The van der Waals surface area contributed by atoms with Crippen molar-refractivity contribution >= 4 is 22.4 Å². The van der Waals surface area contributed by atoms with Crippen LogP contribution in [0.3, 0.4) is 0 Å². The Kier molecular flexibility index (Phi) is 5.93. The SMILES string of the molecule is CC(C)(C)c1ccc(C(=O)N2CCN(c3nc(CN4CCCC4)cs3)CC2)cc1. The van der Waals surface area contributed by atoms with Gasteiger partial charge in [-0.3, -0.25) is 9.69 Å². The summed E-state index contributed by atoms with van der Waals surface area (Å²) in [5.74, 6) is 0.138. The minimum Gasteiger partial charge on any atom is -0.345 e. The highest BCUT2D eigenvalue weighted by Gasteiger charge is 2.24. The molecule has 2 fully saturated rings. The number of piperazine rings is 1. The van der Waals surface area contributed by atoms with Crippen molar-refractivity contribution in [2.45, 2.75) is 45.6 Å². The molecule has 29 heavy (non-hydrogen) atoms. The van der Waals surface area contributed by atoms with Crippen molar-refractivity contribution in [3.63, 3.8) is 0 Å². The standard InChI is InChI=1S/C23H32N4OS/c1-23(2,3)19-8-6-18(7-9-19)21(28)26-12-14-27(15-13-26)22-24-20(17-29-22)16-25-10-4-5-11-25/h6-9,17H,4-5,10-16H2,1-3H3.